The largest absolute Gasteiger partial charge is 0.573 e. The number of hydrogen-bond donors (Lipinski definition) is 2. The summed E-state index contributed by atoms with van der Waals surface area (Å²) < 4.78 is 61.8. The molecule has 0 aliphatic rings. The second-order valence-electron chi connectivity index (χ2n) is 3.08. The zero-order valence-corrected chi connectivity index (χ0v) is 9.18. The van der Waals surface area contributed by atoms with Crippen LogP contribution in [0.5, 0.6) is 5.75 Å². The van der Waals surface area contributed by atoms with Crippen LogP contribution in [0, 0.1) is 0 Å². The van der Waals surface area contributed by atoms with E-state index in [2.05, 4.69) is 4.74 Å². The molecule has 0 unspecified atom stereocenters. The molecule has 0 aromatic heterocycles. The second kappa shape index (κ2) is 4.51. The molecule has 0 radical (unpaired) electrons. The first-order valence-electron chi connectivity index (χ1n) is 4.25. The minimum absolute atomic E-state index is 0.0564. The van der Waals surface area contributed by atoms with Crippen LogP contribution >= 0.6 is 0 Å². The molecule has 0 fully saturated rings. The summed E-state index contributed by atoms with van der Waals surface area (Å²) in [6.07, 6.45) is -5.01. The predicted molar refractivity (Wildman–Crippen MR) is 52.4 cm³/mol. The number of primary sulfonamides is 1. The Morgan fingerprint density at radius 1 is 1.29 bits per heavy atom. The van der Waals surface area contributed by atoms with Gasteiger partial charge in [0.15, 0.2) is 0 Å². The molecular weight excluding hydrogens is 261 g/mol. The predicted octanol–water partition coefficient (Wildman–Crippen LogP) is 0.691. The van der Waals surface area contributed by atoms with Gasteiger partial charge in [-0.05, 0) is 17.7 Å². The van der Waals surface area contributed by atoms with Gasteiger partial charge < -0.3 is 10.5 Å². The van der Waals surface area contributed by atoms with Crippen LogP contribution in [-0.2, 0) is 16.6 Å². The van der Waals surface area contributed by atoms with Crippen molar-refractivity contribution in [1.29, 1.82) is 0 Å². The SMILES string of the molecule is NCc1ccc(S(N)(=O)=O)c(OC(F)(F)F)c1. The molecule has 0 saturated heterocycles. The van der Waals surface area contributed by atoms with Crippen molar-refractivity contribution in [2.75, 3.05) is 0 Å². The summed E-state index contributed by atoms with van der Waals surface area (Å²) in [5.74, 6) is -0.886. The number of ether oxygens (including phenoxy) is 1. The number of hydrogen-bond acceptors (Lipinski definition) is 4. The Morgan fingerprint density at radius 3 is 2.29 bits per heavy atom. The third-order valence-corrected chi connectivity index (χ3v) is 2.73. The molecule has 0 aliphatic heterocycles. The third kappa shape index (κ3) is 3.88. The van der Waals surface area contributed by atoms with E-state index in [9.17, 15) is 21.6 Å². The van der Waals surface area contributed by atoms with Crippen molar-refractivity contribution in [2.45, 2.75) is 17.8 Å². The number of benzene rings is 1. The summed E-state index contributed by atoms with van der Waals surface area (Å²) in [6, 6.07) is 3.05. The zero-order valence-electron chi connectivity index (χ0n) is 8.36. The Hall–Kier alpha value is -1.32. The molecule has 0 atom stereocenters. The first-order chi connectivity index (χ1) is 7.63. The fraction of sp³-hybridized carbons (Fsp3) is 0.250. The van der Waals surface area contributed by atoms with E-state index in [-0.39, 0.29) is 12.1 Å². The van der Waals surface area contributed by atoms with Gasteiger partial charge in [-0.2, -0.15) is 0 Å². The molecule has 1 aromatic carbocycles. The highest BCUT2D eigenvalue weighted by Gasteiger charge is 2.33. The summed E-state index contributed by atoms with van der Waals surface area (Å²) in [7, 11) is -4.30. The van der Waals surface area contributed by atoms with Gasteiger partial charge in [0.2, 0.25) is 10.0 Å². The van der Waals surface area contributed by atoms with Gasteiger partial charge in [-0.1, -0.05) is 6.07 Å². The normalized spacial score (nSPS) is 12.5. The van der Waals surface area contributed by atoms with Crippen molar-refractivity contribution >= 4 is 10.0 Å². The highest BCUT2D eigenvalue weighted by Crippen LogP contribution is 2.29. The van der Waals surface area contributed by atoms with Crippen LogP contribution in [0.25, 0.3) is 0 Å². The fourth-order valence-corrected chi connectivity index (χ4v) is 1.76. The van der Waals surface area contributed by atoms with Crippen LogP contribution in [0.1, 0.15) is 5.56 Å². The lowest BCUT2D eigenvalue weighted by Crippen LogP contribution is -2.21. The van der Waals surface area contributed by atoms with Crippen LogP contribution in [0.3, 0.4) is 0 Å². The van der Waals surface area contributed by atoms with E-state index in [1.807, 2.05) is 0 Å². The maximum atomic E-state index is 12.1. The number of alkyl halides is 3. The lowest BCUT2D eigenvalue weighted by Gasteiger charge is -2.13. The average Bonchev–Trinajstić information content (AvgIpc) is 2.13. The van der Waals surface area contributed by atoms with Gasteiger partial charge >= 0.3 is 6.36 Å². The van der Waals surface area contributed by atoms with Crippen molar-refractivity contribution in [3.63, 3.8) is 0 Å². The molecule has 96 valence electrons. The number of halogens is 3. The summed E-state index contributed by atoms with van der Waals surface area (Å²) in [5.41, 5.74) is 5.51. The van der Waals surface area contributed by atoms with Crippen LogP contribution < -0.4 is 15.6 Å². The van der Waals surface area contributed by atoms with Crippen molar-refractivity contribution in [3.8, 4) is 5.75 Å². The summed E-state index contributed by atoms with van der Waals surface area (Å²) in [5, 5.41) is 4.76. The van der Waals surface area contributed by atoms with Gasteiger partial charge in [0.25, 0.3) is 0 Å². The van der Waals surface area contributed by atoms with E-state index in [0.29, 0.717) is 0 Å². The average molecular weight is 270 g/mol. The van der Waals surface area contributed by atoms with Gasteiger partial charge in [-0.3, -0.25) is 0 Å². The molecule has 4 N–H and O–H groups in total. The molecule has 0 bridgehead atoms. The number of rotatable bonds is 3. The van der Waals surface area contributed by atoms with Crippen molar-refractivity contribution in [2.24, 2.45) is 10.9 Å². The molecule has 1 rings (SSSR count). The van der Waals surface area contributed by atoms with E-state index in [1.54, 1.807) is 0 Å². The number of nitrogens with two attached hydrogens (primary N) is 2. The van der Waals surface area contributed by atoms with Crippen LogP contribution in [0.15, 0.2) is 23.1 Å². The standard InChI is InChI=1S/C8H9F3N2O3S/c9-8(10,11)16-6-3-5(4-12)1-2-7(6)17(13,14)15/h1-3H,4,12H2,(H2,13,14,15). The molecular formula is C8H9F3N2O3S. The van der Waals surface area contributed by atoms with Crippen molar-refractivity contribution < 1.29 is 26.3 Å². The third-order valence-electron chi connectivity index (χ3n) is 1.78. The molecule has 0 spiro atoms. The van der Waals surface area contributed by atoms with E-state index >= 15 is 0 Å². The minimum Gasteiger partial charge on any atom is -0.404 e. The fourth-order valence-electron chi connectivity index (χ4n) is 1.12. The topological polar surface area (TPSA) is 95.4 Å². The van der Waals surface area contributed by atoms with Crippen molar-refractivity contribution in [1.82, 2.24) is 0 Å². The summed E-state index contributed by atoms with van der Waals surface area (Å²) in [6.45, 7) is -0.0564. The van der Waals surface area contributed by atoms with Gasteiger partial charge in [-0.25, -0.2) is 13.6 Å². The molecule has 5 nitrogen and oxygen atoms in total. The van der Waals surface area contributed by atoms with E-state index in [1.165, 1.54) is 6.07 Å². The first kappa shape index (κ1) is 13.7. The Bertz CT molecular complexity index is 513. The quantitative estimate of drug-likeness (QED) is 0.844. The molecule has 1 aromatic rings. The molecule has 0 aliphatic carbocycles. The monoisotopic (exact) mass is 270 g/mol. The van der Waals surface area contributed by atoms with Gasteiger partial charge in [0.1, 0.15) is 10.6 Å². The van der Waals surface area contributed by atoms with E-state index in [4.69, 9.17) is 10.9 Å². The molecule has 0 amide bonds. The summed E-state index contributed by atoms with van der Waals surface area (Å²) in [4.78, 5) is -0.743. The minimum atomic E-state index is -5.01. The maximum absolute atomic E-state index is 12.1. The van der Waals surface area contributed by atoms with Crippen molar-refractivity contribution in [3.05, 3.63) is 23.8 Å². The Labute approximate surface area is 95.2 Å². The molecule has 0 saturated carbocycles. The second-order valence-corrected chi connectivity index (χ2v) is 4.61. The highest BCUT2D eigenvalue weighted by molar-refractivity contribution is 7.89. The van der Waals surface area contributed by atoms with Gasteiger partial charge in [-0.15, -0.1) is 13.2 Å². The molecule has 17 heavy (non-hydrogen) atoms. The summed E-state index contributed by atoms with van der Waals surface area (Å²) >= 11 is 0. The van der Waals surface area contributed by atoms with Gasteiger partial charge in [0.05, 0.1) is 0 Å². The van der Waals surface area contributed by atoms with E-state index in [0.717, 1.165) is 12.1 Å². The van der Waals surface area contributed by atoms with Gasteiger partial charge in [0, 0.05) is 6.54 Å². The Morgan fingerprint density at radius 2 is 1.88 bits per heavy atom. The lowest BCUT2D eigenvalue weighted by molar-refractivity contribution is -0.275. The number of sulfonamides is 1. The molecule has 0 heterocycles. The smallest absolute Gasteiger partial charge is 0.404 e. The maximum Gasteiger partial charge on any atom is 0.573 e. The Kier molecular flexibility index (Phi) is 3.65. The van der Waals surface area contributed by atoms with E-state index < -0.39 is 27.0 Å². The Balaban J connectivity index is 3.32. The van der Waals surface area contributed by atoms with Crippen LogP contribution in [0.2, 0.25) is 0 Å². The molecule has 9 heteroatoms. The first-order valence-corrected chi connectivity index (χ1v) is 5.79. The lowest BCUT2D eigenvalue weighted by atomic mass is 10.2. The van der Waals surface area contributed by atoms with Crippen LogP contribution in [0.4, 0.5) is 13.2 Å². The zero-order chi connectivity index (χ0) is 13.3. The van der Waals surface area contributed by atoms with Crippen LogP contribution in [-0.4, -0.2) is 14.8 Å². The highest BCUT2D eigenvalue weighted by atomic mass is 32.2.